The van der Waals surface area contributed by atoms with Gasteiger partial charge in [-0.3, -0.25) is 0 Å². The zero-order valence-corrected chi connectivity index (χ0v) is 11.8. The van der Waals surface area contributed by atoms with Crippen molar-refractivity contribution in [3.8, 4) is 0 Å². The molecule has 0 bridgehead atoms. The Kier molecular flexibility index (Phi) is 4.64. The summed E-state index contributed by atoms with van der Waals surface area (Å²) in [5, 5.41) is 7.13. The molecule has 1 aromatic heterocycles. The normalized spacial score (nSPS) is 16.4. The van der Waals surface area contributed by atoms with Gasteiger partial charge in [-0.1, -0.05) is 31.4 Å². The summed E-state index contributed by atoms with van der Waals surface area (Å²) >= 11 is 6.11. The standard InChI is InChI=1S/C13H21ClN4/c1-3-6-15-13-16-8-11(14)12(18-13)17-9(2)7-10-4-5-10/h8-10H,3-7H2,1-2H3,(H2,15,16,17,18). The van der Waals surface area contributed by atoms with E-state index in [0.29, 0.717) is 17.0 Å². The molecule has 2 rings (SSSR count). The van der Waals surface area contributed by atoms with E-state index in [-0.39, 0.29) is 0 Å². The maximum absolute atomic E-state index is 6.11. The van der Waals surface area contributed by atoms with E-state index in [1.807, 2.05) is 0 Å². The minimum atomic E-state index is 0.406. The Morgan fingerprint density at radius 3 is 2.94 bits per heavy atom. The second-order valence-electron chi connectivity index (χ2n) is 5.04. The summed E-state index contributed by atoms with van der Waals surface area (Å²) in [5.74, 6) is 2.27. The molecule has 100 valence electrons. The van der Waals surface area contributed by atoms with Gasteiger partial charge >= 0.3 is 0 Å². The van der Waals surface area contributed by atoms with Gasteiger partial charge in [0.25, 0.3) is 0 Å². The Hall–Kier alpha value is -1.03. The van der Waals surface area contributed by atoms with Gasteiger partial charge in [0.2, 0.25) is 5.95 Å². The quantitative estimate of drug-likeness (QED) is 0.794. The molecule has 0 saturated heterocycles. The molecule has 0 amide bonds. The zero-order chi connectivity index (χ0) is 13.0. The number of nitrogens with one attached hydrogen (secondary N) is 2. The molecular formula is C13H21ClN4. The highest BCUT2D eigenvalue weighted by atomic mass is 35.5. The predicted octanol–water partition coefficient (Wildman–Crippen LogP) is 3.55. The molecule has 2 N–H and O–H groups in total. The van der Waals surface area contributed by atoms with Crippen LogP contribution in [0.1, 0.15) is 39.5 Å². The highest BCUT2D eigenvalue weighted by Gasteiger charge is 2.23. The van der Waals surface area contributed by atoms with Crippen molar-refractivity contribution in [1.82, 2.24) is 9.97 Å². The van der Waals surface area contributed by atoms with E-state index in [1.54, 1.807) is 6.20 Å². The highest BCUT2D eigenvalue weighted by molar-refractivity contribution is 6.32. The van der Waals surface area contributed by atoms with Crippen LogP contribution < -0.4 is 10.6 Å². The average Bonchev–Trinajstić information content (AvgIpc) is 3.14. The average molecular weight is 269 g/mol. The van der Waals surface area contributed by atoms with Gasteiger partial charge in [-0.05, 0) is 25.7 Å². The molecule has 1 aliphatic rings. The number of nitrogens with zero attached hydrogens (tertiary/aromatic N) is 2. The van der Waals surface area contributed by atoms with Crippen molar-refractivity contribution in [1.29, 1.82) is 0 Å². The fourth-order valence-electron chi connectivity index (χ4n) is 1.94. The van der Waals surface area contributed by atoms with Crippen LogP contribution >= 0.6 is 11.6 Å². The van der Waals surface area contributed by atoms with E-state index in [9.17, 15) is 0 Å². The van der Waals surface area contributed by atoms with Crippen molar-refractivity contribution in [3.05, 3.63) is 11.2 Å². The molecule has 4 nitrogen and oxygen atoms in total. The van der Waals surface area contributed by atoms with Crippen LogP contribution in [0.2, 0.25) is 5.02 Å². The van der Waals surface area contributed by atoms with E-state index in [2.05, 4.69) is 34.4 Å². The summed E-state index contributed by atoms with van der Waals surface area (Å²) in [7, 11) is 0. The van der Waals surface area contributed by atoms with Crippen LogP contribution in [-0.4, -0.2) is 22.6 Å². The number of halogens is 1. The molecule has 0 aliphatic heterocycles. The zero-order valence-electron chi connectivity index (χ0n) is 11.0. The van der Waals surface area contributed by atoms with Gasteiger partial charge in [0, 0.05) is 12.6 Å². The summed E-state index contributed by atoms with van der Waals surface area (Å²) in [6, 6.07) is 0.406. The molecule has 1 unspecified atom stereocenters. The van der Waals surface area contributed by atoms with E-state index < -0.39 is 0 Å². The molecule has 0 aromatic carbocycles. The number of rotatable bonds is 7. The first-order valence-corrected chi connectivity index (χ1v) is 7.09. The molecule has 0 radical (unpaired) electrons. The molecule has 0 spiro atoms. The second-order valence-corrected chi connectivity index (χ2v) is 5.45. The molecule has 1 atom stereocenters. The first-order valence-electron chi connectivity index (χ1n) is 6.72. The highest BCUT2D eigenvalue weighted by Crippen LogP contribution is 2.34. The fraction of sp³-hybridized carbons (Fsp3) is 0.692. The van der Waals surface area contributed by atoms with Crippen molar-refractivity contribution in [2.75, 3.05) is 17.2 Å². The van der Waals surface area contributed by atoms with E-state index in [1.165, 1.54) is 19.3 Å². The number of anilines is 2. The molecule has 1 saturated carbocycles. The van der Waals surface area contributed by atoms with Gasteiger partial charge < -0.3 is 10.6 Å². The summed E-state index contributed by atoms with van der Waals surface area (Å²) in [5.41, 5.74) is 0. The van der Waals surface area contributed by atoms with Gasteiger partial charge in [-0.15, -0.1) is 0 Å². The molecule has 18 heavy (non-hydrogen) atoms. The van der Waals surface area contributed by atoms with Crippen molar-refractivity contribution >= 4 is 23.4 Å². The third-order valence-corrected chi connectivity index (χ3v) is 3.32. The van der Waals surface area contributed by atoms with Crippen LogP contribution in [0.3, 0.4) is 0 Å². The number of hydrogen-bond acceptors (Lipinski definition) is 4. The SMILES string of the molecule is CCCNc1ncc(Cl)c(NC(C)CC2CC2)n1. The van der Waals surface area contributed by atoms with Crippen molar-refractivity contribution in [3.63, 3.8) is 0 Å². The van der Waals surface area contributed by atoms with Crippen molar-refractivity contribution in [2.24, 2.45) is 5.92 Å². The van der Waals surface area contributed by atoms with Crippen LogP contribution in [0.25, 0.3) is 0 Å². The van der Waals surface area contributed by atoms with Crippen LogP contribution in [0.5, 0.6) is 0 Å². The van der Waals surface area contributed by atoms with Crippen LogP contribution in [0, 0.1) is 5.92 Å². The molecule has 5 heteroatoms. The Labute approximate surface area is 114 Å². The number of aromatic nitrogens is 2. The van der Waals surface area contributed by atoms with E-state index in [4.69, 9.17) is 11.6 Å². The lowest BCUT2D eigenvalue weighted by atomic mass is 10.1. The van der Waals surface area contributed by atoms with Crippen LogP contribution in [-0.2, 0) is 0 Å². The summed E-state index contributed by atoms with van der Waals surface area (Å²) in [4.78, 5) is 8.58. The molecule has 1 aromatic rings. The van der Waals surface area contributed by atoms with Gasteiger partial charge in [0.1, 0.15) is 5.02 Å². The van der Waals surface area contributed by atoms with E-state index in [0.717, 1.165) is 24.7 Å². The lowest BCUT2D eigenvalue weighted by Gasteiger charge is -2.15. The second kappa shape index (κ2) is 6.23. The maximum atomic E-state index is 6.11. The topological polar surface area (TPSA) is 49.8 Å². The Morgan fingerprint density at radius 2 is 2.28 bits per heavy atom. The fourth-order valence-corrected chi connectivity index (χ4v) is 2.08. The monoisotopic (exact) mass is 268 g/mol. The lowest BCUT2D eigenvalue weighted by molar-refractivity contribution is 0.640. The first kappa shape index (κ1) is 13.4. The van der Waals surface area contributed by atoms with Crippen LogP contribution in [0.4, 0.5) is 11.8 Å². The largest absolute Gasteiger partial charge is 0.366 e. The predicted molar refractivity (Wildman–Crippen MR) is 76.2 cm³/mol. The number of hydrogen-bond donors (Lipinski definition) is 2. The third kappa shape index (κ3) is 4.02. The Balaban J connectivity index is 1.95. The van der Waals surface area contributed by atoms with Gasteiger partial charge in [0.05, 0.1) is 6.20 Å². The third-order valence-electron chi connectivity index (χ3n) is 3.04. The summed E-state index contributed by atoms with van der Waals surface area (Å²) in [6.07, 6.45) is 6.63. The van der Waals surface area contributed by atoms with E-state index >= 15 is 0 Å². The van der Waals surface area contributed by atoms with Gasteiger partial charge in [-0.25, -0.2) is 4.98 Å². The molecule has 1 heterocycles. The summed E-state index contributed by atoms with van der Waals surface area (Å²) < 4.78 is 0. The van der Waals surface area contributed by atoms with Gasteiger partial charge in [0.15, 0.2) is 5.82 Å². The Morgan fingerprint density at radius 1 is 1.50 bits per heavy atom. The van der Waals surface area contributed by atoms with Crippen molar-refractivity contribution < 1.29 is 0 Å². The van der Waals surface area contributed by atoms with Crippen LogP contribution in [0.15, 0.2) is 6.20 Å². The first-order chi connectivity index (χ1) is 8.69. The smallest absolute Gasteiger partial charge is 0.224 e. The molecule has 1 fully saturated rings. The molecule has 1 aliphatic carbocycles. The minimum Gasteiger partial charge on any atom is -0.366 e. The lowest BCUT2D eigenvalue weighted by Crippen LogP contribution is -2.17. The minimum absolute atomic E-state index is 0.406. The molecular weight excluding hydrogens is 248 g/mol. The maximum Gasteiger partial charge on any atom is 0.224 e. The van der Waals surface area contributed by atoms with Gasteiger partial charge in [-0.2, -0.15) is 4.98 Å². The Bertz CT molecular complexity index is 393. The van der Waals surface area contributed by atoms with Crippen molar-refractivity contribution in [2.45, 2.75) is 45.6 Å². The summed E-state index contributed by atoms with van der Waals surface area (Å²) in [6.45, 7) is 5.16.